The van der Waals surface area contributed by atoms with Gasteiger partial charge in [0.1, 0.15) is 6.61 Å². The Morgan fingerprint density at radius 2 is 2.00 bits per heavy atom. The number of carbonyl (C=O) groups is 2. The second-order valence-corrected chi connectivity index (χ2v) is 6.86. The Labute approximate surface area is 150 Å². The topological polar surface area (TPSA) is 88.8 Å². The SMILES string of the molecule is CC(C)c1nc(-c2ccc(C(=O)N3CCN4C(=O)OCC4C3)cc2)no1. The molecule has 3 heterocycles. The van der Waals surface area contributed by atoms with Crippen LogP contribution in [0.1, 0.15) is 36.0 Å². The zero-order valence-electron chi connectivity index (χ0n) is 14.7. The Bertz CT molecular complexity index is 830. The van der Waals surface area contributed by atoms with Crippen LogP contribution in [0.15, 0.2) is 28.8 Å². The molecule has 2 fully saturated rings. The van der Waals surface area contributed by atoms with Crippen LogP contribution in [0.25, 0.3) is 11.4 Å². The molecule has 2 saturated heterocycles. The number of nitrogens with zero attached hydrogens (tertiary/aromatic N) is 4. The maximum Gasteiger partial charge on any atom is 0.410 e. The third kappa shape index (κ3) is 2.91. The van der Waals surface area contributed by atoms with E-state index in [4.69, 9.17) is 9.26 Å². The van der Waals surface area contributed by atoms with Crippen molar-refractivity contribution in [2.24, 2.45) is 0 Å². The van der Waals surface area contributed by atoms with Crippen molar-refractivity contribution in [3.8, 4) is 11.4 Å². The van der Waals surface area contributed by atoms with E-state index in [1.165, 1.54) is 0 Å². The van der Waals surface area contributed by atoms with E-state index < -0.39 is 0 Å². The number of ether oxygens (including phenoxy) is 1. The molecular formula is C18H20N4O4. The summed E-state index contributed by atoms with van der Waals surface area (Å²) in [5.74, 6) is 1.23. The van der Waals surface area contributed by atoms with Gasteiger partial charge in [0, 0.05) is 36.7 Å². The molecule has 8 heteroatoms. The smallest absolute Gasteiger partial charge is 0.410 e. The predicted molar refractivity (Wildman–Crippen MR) is 91.6 cm³/mol. The van der Waals surface area contributed by atoms with E-state index in [0.29, 0.717) is 43.5 Å². The van der Waals surface area contributed by atoms with Crippen molar-refractivity contribution in [2.45, 2.75) is 25.8 Å². The highest BCUT2D eigenvalue weighted by molar-refractivity contribution is 5.94. The van der Waals surface area contributed by atoms with Crippen molar-refractivity contribution in [3.05, 3.63) is 35.7 Å². The number of rotatable bonds is 3. The molecule has 1 aromatic heterocycles. The first-order valence-electron chi connectivity index (χ1n) is 8.69. The van der Waals surface area contributed by atoms with Crippen LogP contribution < -0.4 is 0 Å². The second-order valence-electron chi connectivity index (χ2n) is 6.86. The number of carbonyl (C=O) groups excluding carboxylic acids is 2. The highest BCUT2D eigenvalue weighted by Crippen LogP contribution is 2.22. The minimum absolute atomic E-state index is 0.0479. The lowest BCUT2D eigenvalue weighted by Gasteiger charge is -2.35. The summed E-state index contributed by atoms with van der Waals surface area (Å²) in [4.78, 5) is 32.1. The van der Waals surface area contributed by atoms with Crippen LogP contribution in [0.3, 0.4) is 0 Å². The molecule has 0 bridgehead atoms. The summed E-state index contributed by atoms with van der Waals surface area (Å²) in [5.41, 5.74) is 1.40. The summed E-state index contributed by atoms with van der Waals surface area (Å²) in [6, 6.07) is 7.13. The van der Waals surface area contributed by atoms with E-state index in [1.807, 2.05) is 26.0 Å². The van der Waals surface area contributed by atoms with Gasteiger partial charge in [0.25, 0.3) is 5.91 Å². The molecule has 1 atom stereocenters. The van der Waals surface area contributed by atoms with Crippen molar-refractivity contribution in [1.29, 1.82) is 0 Å². The molecule has 0 aliphatic carbocycles. The van der Waals surface area contributed by atoms with Gasteiger partial charge in [-0.05, 0) is 12.1 Å². The average molecular weight is 356 g/mol. The molecule has 1 unspecified atom stereocenters. The van der Waals surface area contributed by atoms with Gasteiger partial charge in [0.2, 0.25) is 11.7 Å². The van der Waals surface area contributed by atoms with Crippen LogP contribution in [0.5, 0.6) is 0 Å². The lowest BCUT2D eigenvalue weighted by molar-refractivity contribution is 0.0617. The van der Waals surface area contributed by atoms with Gasteiger partial charge in [-0.25, -0.2) is 4.79 Å². The number of hydrogen-bond donors (Lipinski definition) is 0. The summed E-state index contributed by atoms with van der Waals surface area (Å²) >= 11 is 0. The molecule has 0 saturated carbocycles. The Morgan fingerprint density at radius 3 is 2.69 bits per heavy atom. The van der Waals surface area contributed by atoms with Crippen molar-refractivity contribution < 1.29 is 18.8 Å². The number of fused-ring (bicyclic) bond motifs is 1. The Hall–Kier alpha value is -2.90. The summed E-state index contributed by atoms with van der Waals surface area (Å²) in [5, 5.41) is 3.98. The third-order valence-electron chi connectivity index (χ3n) is 4.73. The van der Waals surface area contributed by atoms with Gasteiger partial charge in [-0.15, -0.1) is 0 Å². The Morgan fingerprint density at radius 1 is 1.23 bits per heavy atom. The minimum atomic E-state index is -0.285. The maximum absolute atomic E-state index is 12.7. The maximum atomic E-state index is 12.7. The van der Waals surface area contributed by atoms with E-state index >= 15 is 0 Å². The fraction of sp³-hybridized carbons (Fsp3) is 0.444. The zero-order valence-corrected chi connectivity index (χ0v) is 14.7. The zero-order chi connectivity index (χ0) is 18.3. The number of piperazine rings is 1. The summed E-state index contributed by atoms with van der Waals surface area (Å²) in [6.45, 7) is 5.83. The Kier molecular flexibility index (Phi) is 4.10. The van der Waals surface area contributed by atoms with Crippen LogP contribution in [0.2, 0.25) is 0 Å². The van der Waals surface area contributed by atoms with Gasteiger partial charge < -0.3 is 14.2 Å². The second kappa shape index (κ2) is 6.44. The number of amides is 2. The van der Waals surface area contributed by atoms with Crippen molar-refractivity contribution in [2.75, 3.05) is 26.2 Å². The fourth-order valence-corrected chi connectivity index (χ4v) is 3.20. The monoisotopic (exact) mass is 356 g/mol. The molecule has 2 aliphatic heterocycles. The molecule has 1 aromatic carbocycles. The van der Waals surface area contributed by atoms with Gasteiger partial charge in [0.15, 0.2) is 0 Å². The van der Waals surface area contributed by atoms with E-state index in [2.05, 4.69) is 10.1 Å². The first-order chi connectivity index (χ1) is 12.5. The highest BCUT2D eigenvalue weighted by atomic mass is 16.6. The first kappa shape index (κ1) is 16.6. The molecule has 4 rings (SSSR count). The summed E-state index contributed by atoms with van der Waals surface area (Å²) < 4.78 is 10.3. The number of hydrogen-bond acceptors (Lipinski definition) is 6. The number of cyclic esters (lactones) is 1. The molecule has 2 aromatic rings. The largest absolute Gasteiger partial charge is 0.447 e. The van der Waals surface area contributed by atoms with Gasteiger partial charge in [-0.3, -0.25) is 9.69 Å². The molecule has 136 valence electrons. The van der Waals surface area contributed by atoms with Crippen LogP contribution in [-0.2, 0) is 4.74 Å². The Balaban J connectivity index is 1.46. The average Bonchev–Trinajstić information content (AvgIpc) is 3.29. The summed E-state index contributed by atoms with van der Waals surface area (Å²) in [7, 11) is 0. The van der Waals surface area contributed by atoms with E-state index in [0.717, 1.165) is 5.56 Å². The van der Waals surface area contributed by atoms with E-state index in [9.17, 15) is 9.59 Å². The van der Waals surface area contributed by atoms with Crippen molar-refractivity contribution >= 4 is 12.0 Å². The van der Waals surface area contributed by atoms with Gasteiger partial charge >= 0.3 is 6.09 Å². The van der Waals surface area contributed by atoms with Gasteiger partial charge in [-0.2, -0.15) is 4.98 Å². The highest BCUT2D eigenvalue weighted by Gasteiger charge is 2.38. The van der Waals surface area contributed by atoms with Crippen LogP contribution in [0.4, 0.5) is 4.79 Å². The predicted octanol–water partition coefficient (Wildman–Crippen LogP) is 2.14. The third-order valence-corrected chi connectivity index (χ3v) is 4.73. The minimum Gasteiger partial charge on any atom is -0.447 e. The normalized spacial score (nSPS) is 19.7. The van der Waals surface area contributed by atoms with Crippen molar-refractivity contribution in [1.82, 2.24) is 19.9 Å². The lowest BCUT2D eigenvalue weighted by atomic mass is 10.1. The molecule has 26 heavy (non-hydrogen) atoms. The van der Waals surface area contributed by atoms with Crippen LogP contribution >= 0.6 is 0 Å². The molecule has 2 amide bonds. The van der Waals surface area contributed by atoms with Crippen molar-refractivity contribution in [3.63, 3.8) is 0 Å². The molecule has 0 spiro atoms. The lowest BCUT2D eigenvalue weighted by Crippen LogP contribution is -2.53. The molecule has 0 radical (unpaired) electrons. The molecular weight excluding hydrogens is 336 g/mol. The molecule has 0 N–H and O–H groups in total. The van der Waals surface area contributed by atoms with E-state index in [1.54, 1.807) is 21.9 Å². The standard InChI is InChI=1S/C18H20N4O4/c1-11(2)16-19-15(20-26-16)12-3-5-13(6-4-12)17(23)21-7-8-22-14(9-21)10-25-18(22)24/h3-6,11,14H,7-10H2,1-2H3. The molecule has 8 nitrogen and oxygen atoms in total. The van der Waals surface area contributed by atoms with Gasteiger partial charge in [-0.1, -0.05) is 31.1 Å². The first-order valence-corrected chi connectivity index (χ1v) is 8.69. The van der Waals surface area contributed by atoms with Crippen LogP contribution in [0, 0.1) is 0 Å². The summed E-state index contributed by atoms with van der Waals surface area (Å²) in [6.07, 6.45) is -0.285. The fourth-order valence-electron chi connectivity index (χ4n) is 3.20. The quantitative estimate of drug-likeness (QED) is 0.837. The van der Waals surface area contributed by atoms with Gasteiger partial charge in [0.05, 0.1) is 6.04 Å². The number of aromatic nitrogens is 2. The van der Waals surface area contributed by atoms with Crippen LogP contribution in [-0.4, -0.2) is 64.2 Å². The van der Waals surface area contributed by atoms with E-state index in [-0.39, 0.29) is 24.0 Å². The number of benzene rings is 1. The molecule has 2 aliphatic rings.